The molecule has 0 spiro atoms. The highest BCUT2D eigenvalue weighted by Gasteiger charge is 2.33. The molecule has 5 heteroatoms. The Morgan fingerprint density at radius 2 is 0.583 bits per heavy atom. The van der Waals surface area contributed by atoms with Gasteiger partial charge in [-0.05, 0) is 54.6 Å². The van der Waals surface area contributed by atoms with Crippen LogP contribution in [0.25, 0.3) is 110 Å². The lowest BCUT2D eigenvalue weighted by Crippen LogP contribution is -2.13. The van der Waals surface area contributed by atoms with Gasteiger partial charge in [-0.2, -0.15) is 5.26 Å². The zero-order valence-electron chi connectivity index (χ0n) is 32.3. The van der Waals surface area contributed by atoms with Crippen LogP contribution < -0.4 is 0 Å². The van der Waals surface area contributed by atoms with E-state index >= 15 is 0 Å². The fraction of sp³-hybridized carbons (Fsp3) is 0. The summed E-state index contributed by atoms with van der Waals surface area (Å²) in [5, 5.41) is 20.9. The highest BCUT2D eigenvalue weighted by Crippen LogP contribution is 2.50. The zero-order valence-corrected chi connectivity index (χ0v) is 32.3. The minimum Gasteiger partial charge on any atom is -0.307 e. The first-order valence-corrected chi connectivity index (χ1v) is 20.4. The fourth-order valence-corrected chi connectivity index (χ4v) is 10.3. The van der Waals surface area contributed by atoms with Crippen molar-refractivity contribution < 1.29 is 0 Å². The van der Waals surface area contributed by atoms with Gasteiger partial charge in [0.25, 0.3) is 0 Å². The van der Waals surface area contributed by atoms with Gasteiger partial charge in [0.05, 0.1) is 66.8 Å². The van der Waals surface area contributed by atoms with E-state index in [1.165, 1.54) is 10.8 Å². The van der Waals surface area contributed by atoms with Gasteiger partial charge in [0.2, 0.25) is 0 Å². The molecule has 4 aromatic heterocycles. The number of benzene rings is 9. The molecule has 13 rings (SSSR count). The number of nitriles is 1. The van der Waals surface area contributed by atoms with Crippen LogP contribution in [0.15, 0.2) is 200 Å². The maximum Gasteiger partial charge on any atom is 0.102 e. The summed E-state index contributed by atoms with van der Waals surface area (Å²) >= 11 is 0. The zero-order chi connectivity index (χ0) is 39.5. The van der Waals surface area contributed by atoms with E-state index in [2.05, 4.69) is 225 Å². The molecule has 0 bridgehead atoms. The maximum atomic E-state index is 12.0. The van der Waals surface area contributed by atoms with Crippen molar-refractivity contribution in [1.82, 2.24) is 18.3 Å². The number of para-hydroxylation sites is 8. The van der Waals surface area contributed by atoms with E-state index in [1.807, 2.05) is 0 Å². The number of fused-ring (bicyclic) bond motifs is 12. The van der Waals surface area contributed by atoms with Crippen LogP contribution >= 0.6 is 0 Å². The van der Waals surface area contributed by atoms with Crippen LogP contribution in [0, 0.1) is 11.3 Å². The molecule has 0 atom stereocenters. The summed E-state index contributed by atoms with van der Waals surface area (Å²) in [5.74, 6) is 0. The summed E-state index contributed by atoms with van der Waals surface area (Å²) in [5.41, 5.74) is 12.8. The second-order valence-corrected chi connectivity index (χ2v) is 15.6. The molecule has 4 heterocycles. The molecule has 0 radical (unpaired) electrons. The lowest BCUT2D eigenvalue weighted by molar-refractivity contribution is 1.04. The largest absolute Gasteiger partial charge is 0.307 e. The van der Waals surface area contributed by atoms with Gasteiger partial charge < -0.3 is 18.3 Å². The van der Waals surface area contributed by atoms with Crippen LogP contribution in [0.3, 0.4) is 0 Å². The van der Waals surface area contributed by atoms with E-state index in [0.717, 1.165) is 99.2 Å². The van der Waals surface area contributed by atoms with Crippen molar-refractivity contribution in [2.24, 2.45) is 0 Å². The van der Waals surface area contributed by atoms with E-state index in [9.17, 15) is 5.26 Å². The van der Waals surface area contributed by atoms with E-state index in [1.54, 1.807) is 0 Å². The molecule has 0 saturated carbocycles. The lowest BCUT2D eigenvalue weighted by Gasteiger charge is -2.25. The summed E-state index contributed by atoms with van der Waals surface area (Å²) in [6.07, 6.45) is 0. The van der Waals surface area contributed by atoms with Crippen LogP contribution in [-0.4, -0.2) is 18.3 Å². The third kappa shape index (κ3) is 4.24. The Bertz CT molecular complexity index is 3800. The normalized spacial score (nSPS) is 12.0. The third-order valence-electron chi connectivity index (χ3n) is 12.6. The first kappa shape index (κ1) is 32.7. The van der Waals surface area contributed by atoms with Crippen LogP contribution in [0.1, 0.15) is 5.56 Å². The van der Waals surface area contributed by atoms with Crippen LogP contribution in [0.2, 0.25) is 0 Å². The Hall–Kier alpha value is -8.33. The van der Waals surface area contributed by atoms with Crippen molar-refractivity contribution in [3.8, 4) is 28.8 Å². The molecule has 0 fully saturated rings. The maximum absolute atomic E-state index is 12.0. The SMILES string of the molecule is N#Cc1c(-n2c3ccccc3c3ccccc32)c(-n2c3ccccc3c3ccccc32)c(-n2c3ccccc3c3ccccc32)c2c1c1ccccc1n2-c1ccccc1. The van der Waals surface area contributed by atoms with E-state index in [4.69, 9.17) is 0 Å². The number of nitrogens with zero attached hydrogens (tertiary/aromatic N) is 5. The standard InChI is InChI=1S/C55H33N5/c56-34-43-51-42-26-10-17-33-50(42)57(35-18-2-1-3-19-35)53(51)55(60-48-31-15-8-24-40(48)41-25-9-16-32-49(41)60)54(59-46-29-13-6-22-38(46)39-23-7-14-30-47(39)59)52(43)58-44-27-11-4-20-36(44)37-21-5-12-28-45(37)58/h1-33H. The molecule has 5 nitrogen and oxygen atoms in total. The topological polar surface area (TPSA) is 43.5 Å². The number of aromatic nitrogens is 4. The van der Waals surface area contributed by atoms with Gasteiger partial charge in [0.1, 0.15) is 6.07 Å². The Kier molecular flexibility index (Phi) is 6.73. The van der Waals surface area contributed by atoms with Crippen molar-refractivity contribution in [3.63, 3.8) is 0 Å². The lowest BCUT2D eigenvalue weighted by atomic mass is 10.00. The Balaban J connectivity index is 1.43. The summed E-state index contributed by atoms with van der Waals surface area (Å²) in [6.45, 7) is 0. The molecular formula is C55H33N5. The average Bonchev–Trinajstić information content (AvgIpc) is 4.04. The molecule has 60 heavy (non-hydrogen) atoms. The molecule has 0 saturated heterocycles. The number of hydrogen-bond donors (Lipinski definition) is 0. The molecule has 0 aliphatic rings. The van der Waals surface area contributed by atoms with Gasteiger partial charge in [-0.1, -0.05) is 146 Å². The van der Waals surface area contributed by atoms with Crippen molar-refractivity contribution in [2.45, 2.75) is 0 Å². The third-order valence-corrected chi connectivity index (χ3v) is 12.6. The van der Waals surface area contributed by atoms with Crippen molar-refractivity contribution in [1.29, 1.82) is 5.26 Å². The van der Waals surface area contributed by atoms with Crippen LogP contribution in [0.5, 0.6) is 0 Å². The molecule has 0 unspecified atom stereocenters. The molecule has 0 aliphatic carbocycles. The molecule has 0 amide bonds. The number of rotatable bonds is 4. The van der Waals surface area contributed by atoms with Gasteiger partial charge >= 0.3 is 0 Å². The summed E-state index contributed by atoms with van der Waals surface area (Å²) in [7, 11) is 0. The quantitative estimate of drug-likeness (QED) is 0.176. The summed E-state index contributed by atoms with van der Waals surface area (Å²) < 4.78 is 9.67. The smallest absolute Gasteiger partial charge is 0.102 e. The fourth-order valence-electron chi connectivity index (χ4n) is 10.3. The second-order valence-electron chi connectivity index (χ2n) is 15.6. The van der Waals surface area contributed by atoms with Gasteiger partial charge in [-0.25, -0.2) is 0 Å². The minimum absolute atomic E-state index is 0.615. The molecule has 0 N–H and O–H groups in total. The monoisotopic (exact) mass is 763 g/mol. The van der Waals surface area contributed by atoms with Gasteiger partial charge in [0, 0.05) is 48.8 Å². The van der Waals surface area contributed by atoms with Crippen LogP contribution in [-0.2, 0) is 0 Å². The highest BCUT2D eigenvalue weighted by atomic mass is 15.1. The molecule has 9 aromatic carbocycles. The Labute approximate surface area is 344 Å². The predicted molar refractivity (Wildman–Crippen MR) is 249 cm³/mol. The molecule has 0 aliphatic heterocycles. The van der Waals surface area contributed by atoms with E-state index in [-0.39, 0.29) is 0 Å². The average molecular weight is 764 g/mol. The Morgan fingerprint density at radius 3 is 0.967 bits per heavy atom. The van der Waals surface area contributed by atoms with Gasteiger partial charge in [-0.3, -0.25) is 0 Å². The predicted octanol–water partition coefficient (Wildman–Crippen LogP) is 13.9. The van der Waals surface area contributed by atoms with Gasteiger partial charge in [-0.15, -0.1) is 0 Å². The van der Waals surface area contributed by atoms with Crippen LogP contribution in [0.4, 0.5) is 0 Å². The molecule has 13 aromatic rings. The number of hydrogen-bond acceptors (Lipinski definition) is 1. The Morgan fingerprint density at radius 1 is 0.283 bits per heavy atom. The summed E-state index contributed by atoms with van der Waals surface area (Å²) in [4.78, 5) is 0. The second kappa shape index (κ2) is 12.3. The van der Waals surface area contributed by atoms with E-state index < -0.39 is 0 Å². The van der Waals surface area contributed by atoms with Crippen molar-refractivity contribution in [3.05, 3.63) is 206 Å². The minimum atomic E-state index is 0.615. The summed E-state index contributed by atoms with van der Waals surface area (Å²) in [6, 6.07) is 74.2. The molecule has 278 valence electrons. The van der Waals surface area contributed by atoms with Gasteiger partial charge in [0.15, 0.2) is 0 Å². The van der Waals surface area contributed by atoms with E-state index in [0.29, 0.717) is 5.56 Å². The first-order chi connectivity index (χ1) is 29.8. The highest BCUT2D eigenvalue weighted by molar-refractivity contribution is 6.22. The molecular weight excluding hydrogens is 731 g/mol. The van der Waals surface area contributed by atoms with Crippen molar-refractivity contribution in [2.75, 3.05) is 0 Å². The van der Waals surface area contributed by atoms with Crippen molar-refractivity contribution >= 4 is 87.2 Å². The first-order valence-electron chi connectivity index (χ1n) is 20.4.